The zero-order valence-corrected chi connectivity index (χ0v) is 12.4. The predicted octanol–water partition coefficient (Wildman–Crippen LogP) is 3.08. The van der Waals surface area contributed by atoms with Gasteiger partial charge in [0.15, 0.2) is 0 Å². The first-order chi connectivity index (χ1) is 11.1. The summed E-state index contributed by atoms with van der Waals surface area (Å²) in [5.41, 5.74) is 0.812. The number of hydrogen-bond acceptors (Lipinski definition) is 3. The molecule has 0 aliphatic heterocycles. The smallest absolute Gasteiger partial charge is 0.305 e. The molecule has 0 fully saturated rings. The highest BCUT2D eigenvalue weighted by molar-refractivity contribution is 5.91. The van der Waals surface area contributed by atoms with Gasteiger partial charge in [0, 0.05) is 12.6 Å². The molecule has 0 unspecified atom stereocenters. The molecule has 1 amide bonds. The Balaban J connectivity index is 1.93. The number of rotatable bonds is 7. The van der Waals surface area contributed by atoms with Gasteiger partial charge in [-0.15, -0.1) is 0 Å². The first-order valence-electron chi connectivity index (χ1n) is 7.14. The topological polar surface area (TPSA) is 75.6 Å². The van der Waals surface area contributed by atoms with Gasteiger partial charge in [-0.25, -0.2) is 0 Å². The van der Waals surface area contributed by atoms with Crippen LogP contribution >= 0.6 is 0 Å². The van der Waals surface area contributed by atoms with E-state index in [1.54, 1.807) is 6.08 Å². The van der Waals surface area contributed by atoms with Gasteiger partial charge in [0.05, 0.1) is 6.42 Å². The lowest BCUT2D eigenvalue weighted by molar-refractivity contribution is -0.136. The van der Waals surface area contributed by atoms with Gasteiger partial charge in [0.2, 0.25) is 5.91 Å². The molecule has 0 spiro atoms. The van der Waals surface area contributed by atoms with Crippen molar-refractivity contribution in [1.82, 2.24) is 5.32 Å². The van der Waals surface area contributed by atoms with E-state index < -0.39 is 5.97 Å². The van der Waals surface area contributed by atoms with Crippen LogP contribution in [0.25, 0.3) is 6.08 Å². The van der Waals surface area contributed by atoms with Gasteiger partial charge in [0.25, 0.3) is 0 Å². The lowest BCUT2D eigenvalue weighted by Gasteiger charge is -2.06. The van der Waals surface area contributed by atoms with Crippen LogP contribution in [0.3, 0.4) is 0 Å². The average Bonchev–Trinajstić information content (AvgIpc) is 2.54. The molecule has 2 rings (SSSR count). The van der Waals surface area contributed by atoms with Crippen LogP contribution in [-0.2, 0) is 9.59 Å². The molecule has 0 aliphatic rings. The number of amides is 1. The molecule has 0 atom stereocenters. The maximum Gasteiger partial charge on any atom is 0.305 e. The van der Waals surface area contributed by atoms with E-state index >= 15 is 0 Å². The van der Waals surface area contributed by atoms with E-state index in [9.17, 15) is 9.59 Å². The Morgan fingerprint density at radius 2 is 1.78 bits per heavy atom. The number of carbonyl (C=O) groups is 2. The van der Waals surface area contributed by atoms with E-state index in [4.69, 9.17) is 9.84 Å². The summed E-state index contributed by atoms with van der Waals surface area (Å²) in [5.74, 6) is 0.130. The van der Waals surface area contributed by atoms with E-state index in [-0.39, 0.29) is 18.9 Å². The molecule has 0 saturated heterocycles. The lowest BCUT2D eigenvalue weighted by atomic mass is 10.2. The molecular weight excluding hydrogens is 294 g/mol. The van der Waals surface area contributed by atoms with E-state index in [0.717, 1.165) is 11.3 Å². The third kappa shape index (κ3) is 6.05. The Morgan fingerprint density at radius 1 is 1.04 bits per heavy atom. The average molecular weight is 311 g/mol. The monoisotopic (exact) mass is 311 g/mol. The molecule has 0 heterocycles. The summed E-state index contributed by atoms with van der Waals surface area (Å²) < 4.78 is 5.72. The first-order valence-corrected chi connectivity index (χ1v) is 7.14. The predicted molar refractivity (Wildman–Crippen MR) is 87.3 cm³/mol. The van der Waals surface area contributed by atoms with Gasteiger partial charge in [-0.05, 0) is 35.9 Å². The Bertz CT molecular complexity index is 695. The standard InChI is InChI=1S/C18H17NO4/c20-17(19-12-11-18(21)22)10-9-14-5-4-8-16(13-14)23-15-6-2-1-3-7-15/h1-10,13H,11-12H2,(H,19,20)(H,21,22)/b10-9+. The number of carbonyl (C=O) groups excluding carboxylic acids is 1. The lowest BCUT2D eigenvalue weighted by Crippen LogP contribution is -2.23. The summed E-state index contributed by atoms with van der Waals surface area (Å²) in [7, 11) is 0. The van der Waals surface area contributed by atoms with Gasteiger partial charge in [-0.3, -0.25) is 9.59 Å². The van der Waals surface area contributed by atoms with E-state index in [0.29, 0.717) is 5.75 Å². The molecule has 5 heteroatoms. The minimum atomic E-state index is -0.944. The number of aliphatic carboxylic acids is 1. The van der Waals surface area contributed by atoms with Crippen molar-refractivity contribution in [1.29, 1.82) is 0 Å². The quantitative estimate of drug-likeness (QED) is 0.771. The van der Waals surface area contributed by atoms with Crippen LogP contribution in [0.15, 0.2) is 60.7 Å². The van der Waals surface area contributed by atoms with Crippen molar-refractivity contribution in [2.45, 2.75) is 6.42 Å². The van der Waals surface area contributed by atoms with Gasteiger partial charge in [-0.2, -0.15) is 0 Å². The number of hydrogen-bond donors (Lipinski definition) is 2. The van der Waals surface area contributed by atoms with Crippen LogP contribution in [0.1, 0.15) is 12.0 Å². The van der Waals surface area contributed by atoms with Crippen LogP contribution in [0.4, 0.5) is 0 Å². The molecule has 0 aromatic heterocycles. The highest BCUT2D eigenvalue weighted by Gasteiger charge is 2.00. The number of para-hydroxylation sites is 1. The zero-order chi connectivity index (χ0) is 16.5. The third-order valence-electron chi connectivity index (χ3n) is 2.90. The highest BCUT2D eigenvalue weighted by Crippen LogP contribution is 2.22. The first kappa shape index (κ1) is 16.3. The zero-order valence-electron chi connectivity index (χ0n) is 12.4. The number of benzene rings is 2. The maximum atomic E-state index is 11.6. The molecule has 118 valence electrons. The summed E-state index contributed by atoms with van der Waals surface area (Å²) in [6.07, 6.45) is 2.91. The SMILES string of the molecule is O=C(O)CCNC(=O)/C=C/c1cccc(Oc2ccccc2)c1. The second-order valence-electron chi connectivity index (χ2n) is 4.76. The molecule has 0 bridgehead atoms. The van der Waals surface area contributed by atoms with Crippen LogP contribution in [0.2, 0.25) is 0 Å². The Labute approximate surface area is 134 Å². The molecule has 2 aromatic rings. The fourth-order valence-corrected chi connectivity index (χ4v) is 1.83. The largest absolute Gasteiger partial charge is 0.481 e. The summed E-state index contributed by atoms with van der Waals surface area (Å²) in [6, 6.07) is 16.7. The fourth-order valence-electron chi connectivity index (χ4n) is 1.83. The molecule has 0 aliphatic carbocycles. The number of carboxylic acid groups (broad SMARTS) is 1. The molecule has 23 heavy (non-hydrogen) atoms. The van der Waals surface area contributed by atoms with Gasteiger partial charge < -0.3 is 15.2 Å². The van der Waals surface area contributed by atoms with E-state index in [2.05, 4.69) is 5.32 Å². The van der Waals surface area contributed by atoms with E-state index in [1.165, 1.54) is 6.08 Å². The molecule has 0 radical (unpaired) electrons. The van der Waals surface area contributed by atoms with Crippen molar-refractivity contribution in [2.75, 3.05) is 6.54 Å². The number of nitrogens with one attached hydrogen (secondary N) is 1. The second-order valence-corrected chi connectivity index (χ2v) is 4.76. The fraction of sp³-hybridized carbons (Fsp3) is 0.111. The van der Waals surface area contributed by atoms with Crippen molar-refractivity contribution in [3.05, 3.63) is 66.2 Å². The van der Waals surface area contributed by atoms with Crippen LogP contribution in [-0.4, -0.2) is 23.5 Å². The number of ether oxygens (including phenoxy) is 1. The van der Waals surface area contributed by atoms with Gasteiger partial charge >= 0.3 is 5.97 Å². The summed E-state index contributed by atoms with van der Waals surface area (Å²) in [6.45, 7) is 0.107. The molecular formula is C18H17NO4. The molecule has 2 N–H and O–H groups in total. The summed E-state index contributed by atoms with van der Waals surface area (Å²) in [4.78, 5) is 21.9. The molecule has 0 saturated carbocycles. The summed E-state index contributed by atoms with van der Waals surface area (Å²) in [5, 5.41) is 11.0. The second kappa shape index (κ2) is 8.38. The van der Waals surface area contributed by atoms with Crippen molar-refractivity contribution in [3.8, 4) is 11.5 Å². The molecule has 5 nitrogen and oxygen atoms in total. The van der Waals surface area contributed by atoms with Crippen molar-refractivity contribution >= 4 is 18.0 Å². The van der Waals surface area contributed by atoms with Crippen LogP contribution < -0.4 is 10.1 Å². The number of carboxylic acids is 1. The normalized spacial score (nSPS) is 10.4. The Hall–Kier alpha value is -3.08. The third-order valence-corrected chi connectivity index (χ3v) is 2.90. The summed E-state index contributed by atoms with van der Waals surface area (Å²) >= 11 is 0. The minimum absolute atomic E-state index is 0.0972. The van der Waals surface area contributed by atoms with Crippen molar-refractivity contribution < 1.29 is 19.4 Å². The maximum absolute atomic E-state index is 11.6. The minimum Gasteiger partial charge on any atom is -0.481 e. The van der Waals surface area contributed by atoms with Gasteiger partial charge in [0.1, 0.15) is 11.5 Å². The molecule has 2 aromatic carbocycles. The van der Waals surface area contributed by atoms with E-state index in [1.807, 2.05) is 54.6 Å². The highest BCUT2D eigenvalue weighted by atomic mass is 16.5. The van der Waals surface area contributed by atoms with Crippen LogP contribution in [0, 0.1) is 0 Å². The van der Waals surface area contributed by atoms with Crippen molar-refractivity contribution in [3.63, 3.8) is 0 Å². The Kier molecular flexibility index (Phi) is 5.94. The van der Waals surface area contributed by atoms with Crippen molar-refractivity contribution in [2.24, 2.45) is 0 Å². The van der Waals surface area contributed by atoms with Crippen LogP contribution in [0.5, 0.6) is 11.5 Å². The van der Waals surface area contributed by atoms with Gasteiger partial charge in [-0.1, -0.05) is 30.3 Å². The Morgan fingerprint density at radius 3 is 2.52 bits per heavy atom.